The van der Waals surface area contributed by atoms with E-state index in [0.717, 1.165) is 61.5 Å². The number of hydrogen-bond donors (Lipinski definition) is 3. The minimum atomic E-state index is -4.30. The van der Waals surface area contributed by atoms with Crippen molar-refractivity contribution in [2.24, 2.45) is 51.8 Å². The molecule has 0 heterocycles. The fourth-order valence-corrected chi connectivity index (χ4v) is 12.4. The normalized spacial score (nSPS) is 22.1. The molecule has 10 heteroatoms. The fourth-order valence-electron chi connectivity index (χ4n) is 8.51. The second kappa shape index (κ2) is 21.8. The van der Waals surface area contributed by atoms with Crippen LogP contribution in [0.3, 0.4) is 0 Å². The Balaban J connectivity index is 2.17. The van der Waals surface area contributed by atoms with Gasteiger partial charge in [0.2, 0.25) is 0 Å². The van der Waals surface area contributed by atoms with Crippen molar-refractivity contribution in [2.75, 3.05) is 19.8 Å². The number of hydrogen-bond acceptors (Lipinski definition) is 9. The molecule has 344 valence electrons. The maximum absolute atomic E-state index is 9.96. The van der Waals surface area contributed by atoms with Crippen molar-refractivity contribution in [2.45, 2.75) is 129 Å². The number of thiocarbonyl (C=S) groups is 3. The molecule has 4 rings (SSSR count). The first-order chi connectivity index (χ1) is 28.8. The summed E-state index contributed by atoms with van der Waals surface area (Å²) in [5.74, 6) is 2.31. The number of rotatable bonds is 19. The molecule has 0 saturated heterocycles. The summed E-state index contributed by atoms with van der Waals surface area (Å²) < 4.78 is 23.4. The minimum absolute atomic E-state index is 0.105. The quantitative estimate of drug-likeness (QED) is 0.0927. The van der Waals surface area contributed by atoms with Crippen LogP contribution in [0, 0.1) is 58.7 Å². The molecule has 0 bridgehead atoms. The van der Waals surface area contributed by atoms with Crippen LogP contribution in [0.5, 0.6) is 5.75 Å². The molecule has 62 heavy (non-hydrogen) atoms. The van der Waals surface area contributed by atoms with Crippen molar-refractivity contribution < 1.29 is 28.9 Å². The first kappa shape index (κ1) is 52.3. The molecule has 0 amide bonds. The molecule has 0 spiro atoms. The van der Waals surface area contributed by atoms with Gasteiger partial charge in [-0.1, -0.05) is 0 Å². The van der Waals surface area contributed by atoms with Crippen LogP contribution in [0.1, 0.15) is 127 Å². The summed E-state index contributed by atoms with van der Waals surface area (Å²) in [6, 6.07) is 8.08. The van der Waals surface area contributed by atoms with E-state index in [1.165, 1.54) is 0 Å². The van der Waals surface area contributed by atoms with E-state index >= 15 is 0 Å². The van der Waals surface area contributed by atoms with E-state index in [9.17, 15) is 15.3 Å². The molecule has 6 nitrogen and oxygen atoms in total. The van der Waals surface area contributed by atoms with Gasteiger partial charge in [0, 0.05) is 0 Å². The van der Waals surface area contributed by atoms with Gasteiger partial charge in [0.05, 0.1) is 0 Å². The summed E-state index contributed by atoms with van der Waals surface area (Å²) in [4.78, 5) is 2.53. The van der Waals surface area contributed by atoms with Crippen molar-refractivity contribution in [3.8, 4) is 5.75 Å². The molecule has 3 aliphatic carbocycles. The predicted octanol–water partition coefficient (Wildman–Crippen LogP) is 13.7. The fraction of sp³-hybridized carbons (Fsp3) is 0.596. The molecule has 0 fully saturated rings. The number of benzene rings is 1. The van der Waals surface area contributed by atoms with Crippen molar-refractivity contribution in [3.63, 3.8) is 0 Å². The van der Waals surface area contributed by atoms with E-state index in [1.807, 2.05) is 18.2 Å². The van der Waals surface area contributed by atoms with Crippen LogP contribution in [0.15, 0.2) is 94.3 Å². The van der Waals surface area contributed by atoms with Gasteiger partial charge in [-0.15, -0.1) is 0 Å². The third-order valence-electron chi connectivity index (χ3n) is 12.2. The standard InChI is InChI=1S/C52H77O6PS3/c1-33-15-14-16-40(26-33)56-59(46-29-39(25-36(4)19-22-55)49(62)32-43(46)52(11,12)13,57-44-27-37(23-34(2)17-20-53)47(60)30-41(44)50(5,6)7)58-45-28-38(24-35(3)18-21-54)48(61)31-42(45)51(8,9)10/h14-16,26-32,34-39,53-55,59H,17-25H2,1-13H3. The average molecular weight is 925 g/mol. The Morgan fingerprint density at radius 2 is 0.935 bits per heavy atom. The van der Waals surface area contributed by atoms with E-state index in [-0.39, 0.29) is 66.2 Å². The Hall–Kier alpha value is -2.36. The third-order valence-corrected chi connectivity index (χ3v) is 16.0. The molecule has 6 unspecified atom stereocenters. The number of allylic oxidation sites excluding steroid dienone is 10. The van der Waals surface area contributed by atoms with Crippen molar-refractivity contribution in [1.82, 2.24) is 0 Å². The SMILES string of the molecule is Cc1cccc(O[PH](OC2=CC(CC(C)CCO)C(=S)C=C2C(C)(C)C)(OC2=CC(CC(C)CCO)C(=S)C=C2C(C)(C)C)C2=CC(CC(C)CCO)C(=S)C=C2C(C)(C)C)c1. The Bertz CT molecular complexity index is 1910. The summed E-state index contributed by atoms with van der Waals surface area (Å²) in [6.07, 6.45) is 17.3. The van der Waals surface area contributed by atoms with Gasteiger partial charge in [0.25, 0.3) is 0 Å². The van der Waals surface area contributed by atoms with Crippen LogP contribution in [0.25, 0.3) is 0 Å². The molecular formula is C52H77O6PS3. The molecular weight excluding hydrogens is 848 g/mol. The van der Waals surface area contributed by atoms with Crippen LogP contribution in [0.2, 0.25) is 0 Å². The molecule has 0 aromatic heterocycles. The van der Waals surface area contributed by atoms with Crippen LogP contribution in [0.4, 0.5) is 0 Å². The van der Waals surface area contributed by atoms with Gasteiger partial charge in [0.15, 0.2) is 0 Å². The van der Waals surface area contributed by atoms with Gasteiger partial charge >= 0.3 is 394 Å². The topological polar surface area (TPSA) is 88.4 Å². The zero-order valence-electron chi connectivity index (χ0n) is 39.9. The van der Waals surface area contributed by atoms with Crippen LogP contribution >= 0.6 is 44.6 Å². The summed E-state index contributed by atoms with van der Waals surface area (Å²) >= 11 is 18.5. The molecule has 0 aliphatic heterocycles. The van der Waals surface area contributed by atoms with Crippen molar-refractivity contribution >= 4 is 59.2 Å². The third kappa shape index (κ3) is 13.8. The van der Waals surface area contributed by atoms with Gasteiger partial charge < -0.3 is 0 Å². The van der Waals surface area contributed by atoms with Gasteiger partial charge in [-0.05, 0) is 0 Å². The molecule has 3 N–H and O–H groups in total. The van der Waals surface area contributed by atoms with Gasteiger partial charge in [-0.2, -0.15) is 0 Å². The Morgan fingerprint density at radius 1 is 0.565 bits per heavy atom. The maximum atomic E-state index is 9.96. The monoisotopic (exact) mass is 924 g/mol. The first-order valence-electron chi connectivity index (χ1n) is 22.7. The summed E-state index contributed by atoms with van der Waals surface area (Å²) in [5, 5.41) is 30.6. The zero-order chi connectivity index (χ0) is 46.4. The summed E-state index contributed by atoms with van der Waals surface area (Å²) in [7, 11) is -4.30. The number of aliphatic hydroxyl groups is 3. The second-order valence-electron chi connectivity index (χ2n) is 21.3. The van der Waals surface area contributed by atoms with Gasteiger partial charge in [0.1, 0.15) is 0 Å². The van der Waals surface area contributed by atoms with Crippen LogP contribution < -0.4 is 4.52 Å². The molecule has 0 saturated carbocycles. The number of aryl methyl sites for hydroxylation is 1. The van der Waals surface area contributed by atoms with E-state index in [4.69, 9.17) is 50.2 Å². The molecule has 1 aromatic carbocycles. The van der Waals surface area contributed by atoms with E-state index < -0.39 is 13.4 Å². The van der Waals surface area contributed by atoms with Crippen LogP contribution in [-0.2, 0) is 9.05 Å². The Morgan fingerprint density at radius 3 is 1.29 bits per heavy atom. The second-order valence-corrected chi connectivity index (χ2v) is 25.0. The van der Waals surface area contributed by atoms with Crippen molar-refractivity contribution in [3.05, 3.63) is 99.8 Å². The first-order valence-corrected chi connectivity index (χ1v) is 25.7. The summed E-state index contributed by atoms with van der Waals surface area (Å²) in [5.41, 5.74) is 2.82. The average Bonchev–Trinajstić information content (AvgIpc) is 3.13. The molecule has 6 atom stereocenters. The predicted molar refractivity (Wildman–Crippen MR) is 274 cm³/mol. The summed E-state index contributed by atoms with van der Waals surface area (Å²) in [6.45, 7) is 28.5. The van der Waals surface area contributed by atoms with E-state index in [1.54, 1.807) is 0 Å². The van der Waals surface area contributed by atoms with Crippen LogP contribution in [-0.4, -0.2) is 49.7 Å². The van der Waals surface area contributed by atoms with E-state index in [2.05, 4.69) is 133 Å². The molecule has 1 aromatic rings. The molecule has 3 aliphatic rings. The van der Waals surface area contributed by atoms with E-state index in [0.29, 0.717) is 36.5 Å². The number of aliphatic hydroxyl groups excluding tert-OH is 3. The molecule has 0 radical (unpaired) electrons. The Kier molecular flexibility index (Phi) is 18.3. The van der Waals surface area contributed by atoms with Gasteiger partial charge in [-0.3, -0.25) is 0 Å². The Labute approximate surface area is 391 Å². The van der Waals surface area contributed by atoms with Gasteiger partial charge in [-0.25, -0.2) is 0 Å². The zero-order valence-corrected chi connectivity index (χ0v) is 43.3. The van der Waals surface area contributed by atoms with Crippen molar-refractivity contribution in [1.29, 1.82) is 0 Å².